The van der Waals surface area contributed by atoms with Gasteiger partial charge in [-0.3, -0.25) is 14.6 Å². The van der Waals surface area contributed by atoms with Crippen LogP contribution < -0.4 is 0 Å². The number of carboxylic acid groups (broad SMARTS) is 1. The van der Waals surface area contributed by atoms with Crippen molar-refractivity contribution in [3.8, 4) is 0 Å². The maximum atomic E-state index is 12.4. The van der Waals surface area contributed by atoms with Crippen LogP contribution in [0.2, 0.25) is 0 Å². The summed E-state index contributed by atoms with van der Waals surface area (Å²) in [6, 6.07) is 5.19. The number of aromatic nitrogens is 1. The molecule has 5 heteroatoms. The van der Waals surface area contributed by atoms with E-state index >= 15 is 0 Å². The van der Waals surface area contributed by atoms with Crippen LogP contribution >= 0.6 is 0 Å². The molecule has 0 aromatic carbocycles. The lowest BCUT2D eigenvalue weighted by Gasteiger charge is -2.39. The van der Waals surface area contributed by atoms with E-state index in [1.165, 1.54) is 0 Å². The van der Waals surface area contributed by atoms with Gasteiger partial charge in [0.25, 0.3) is 5.91 Å². The first-order valence-corrected chi connectivity index (χ1v) is 7.03. The van der Waals surface area contributed by atoms with Gasteiger partial charge in [0, 0.05) is 19.3 Å². The first kappa shape index (κ1) is 14.5. The summed E-state index contributed by atoms with van der Waals surface area (Å²) in [5.74, 6) is -0.968. The van der Waals surface area contributed by atoms with E-state index in [0.717, 1.165) is 12.8 Å². The Hall–Kier alpha value is -1.91. The van der Waals surface area contributed by atoms with E-state index in [4.69, 9.17) is 0 Å². The Labute approximate surface area is 118 Å². The van der Waals surface area contributed by atoms with Gasteiger partial charge in [0.05, 0.1) is 5.41 Å². The Balaban J connectivity index is 2.18. The molecular formula is C15H20N2O3. The summed E-state index contributed by atoms with van der Waals surface area (Å²) in [6.07, 6.45) is 4.35. The number of carbonyl (C=O) groups is 2. The Morgan fingerprint density at radius 3 is 2.85 bits per heavy atom. The minimum atomic E-state index is -0.794. The van der Waals surface area contributed by atoms with Crippen LogP contribution in [0.1, 0.15) is 43.1 Å². The molecule has 0 bridgehead atoms. The van der Waals surface area contributed by atoms with E-state index < -0.39 is 11.4 Å². The first-order valence-electron chi connectivity index (χ1n) is 7.03. The number of hydrogen-bond acceptors (Lipinski definition) is 3. The molecule has 1 fully saturated rings. The Morgan fingerprint density at radius 2 is 2.25 bits per heavy atom. The summed E-state index contributed by atoms with van der Waals surface area (Å²) in [4.78, 5) is 29.7. The summed E-state index contributed by atoms with van der Waals surface area (Å²) in [5, 5.41) is 9.54. The molecule has 1 amide bonds. The maximum Gasteiger partial charge on any atom is 0.311 e. The van der Waals surface area contributed by atoms with Gasteiger partial charge in [0.15, 0.2) is 0 Å². The second kappa shape index (κ2) is 6.03. The lowest BCUT2D eigenvalue weighted by atomic mass is 9.76. The molecule has 1 aliphatic rings. The van der Waals surface area contributed by atoms with E-state index in [1.807, 2.05) is 6.92 Å². The maximum absolute atomic E-state index is 12.4. The minimum Gasteiger partial charge on any atom is -0.481 e. The van der Waals surface area contributed by atoms with Crippen LogP contribution in [-0.4, -0.2) is 40.0 Å². The predicted molar refractivity (Wildman–Crippen MR) is 74.4 cm³/mol. The minimum absolute atomic E-state index is 0.174. The van der Waals surface area contributed by atoms with E-state index in [2.05, 4.69) is 4.98 Å². The molecule has 0 saturated carbocycles. The third-order valence-corrected chi connectivity index (χ3v) is 3.93. The fraction of sp³-hybridized carbons (Fsp3) is 0.533. The number of carbonyl (C=O) groups excluding carboxylic acids is 1. The number of piperidine rings is 1. The Kier molecular flexibility index (Phi) is 4.37. The molecule has 1 saturated heterocycles. The quantitative estimate of drug-likeness (QED) is 0.915. The highest BCUT2D eigenvalue weighted by Crippen LogP contribution is 2.35. The highest BCUT2D eigenvalue weighted by molar-refractivity contribution is 5.92. The van der Waals surface area contributed by atoms with Gasteiger partial charge in [0.1, 0.15) is 5.69 Å². The van der Waals surface area contributed by atoms with E-state index in [9.17, 15) is 14.7 Å². The fourth-order valence-electron chi connectivity index (χ4n) is 2.92. The zero-order chi connectivity index (χ0) is 14.6. The molecule has 2 rings (SSSR count). The Morgan fingerprint density at radius 1 is 1.45 bits per heavy atom. The van der Waals surface area contributed by atoms with Gasteiger partial charge in [0.2, 0.25) is 0 Å². The normalized spacial score (nSPS) is 22.6. The number of hydrogen-bond donors (Lipinski definition) is 1. The second-order valence-corrected chi connectivity index (χ2v) is 5.38. The Bertz CT molecular complexity index is 485. The summed E-state index contributed by atoms with van der Waals surface area (Å²) >= 11 is 0. The number of likely N-dealkylation sites (tertiary alicyclic amines) is 1. The summed E-state index contributed by atoms with van der Waals surface area (Å²) in [7, 11) is 0. The van der Waals surface area contributed by atoms with Gasteiger partial charge in [-0.1, -0.05) is 19.4 Å². The SMILES string of the molecule is CCCC1(C(=O)O)CCCN(C(=O)c2ccccn2)C1. The molecular weight excluding hydrogens is 256 g/mol. The van der Waals surface area contributed by atoms with Crippen molar-refractivity contribution in [1.82, 2.24) is 9.88 Å². The largest absolute Gasteiger partial charge is 0.481 e. The second-order valence-electron chi connectivity index (χ2n) is 5.38. The number of rotatable bonds is 4. The third-order valence-electron chi connectivity index (χ3n) is 3.93. The lowest BCUT2D eigenvalue weighted by Crippen LogP contribution is -2.50. The van der Waals surface area contributed by atoms with Crippen molar-refractivity contribution in [2.24, 2.45) is 5.41 Å². The molecule has 1 atom stereocenters. The molecule has 2 heterocycles. The van der Waals surface area contributed by atoms with Crippen LogP contribution in [0.3, 0.4) is 0 Å². The van der Waals surface area contributed by atoms with Crippen molar-refractivity contribution in [2.45, 2.75) is 32.6 Å². The van der Waals surface area contributed by atoms with Crippen molar-refractivity contribution < 1.29 is 14.7 Å². The molecule has 1 aliphatic heterocycles. The molecule has 0 radical (unpaired) electrons. The molecule has 1 unspecified atom stereocenters. The fourth-order valence-corrected chi connectivity index (χ4v) is 2.92. The summed E-state index contributed by atoms with van der Waals surface area (Å²) < 4.78 is 0. The van der Waals surface area contributed by atoms with Crippen molar-refractivity contribution in [2.75, 3.05) is 13.1 Å². The molecule has 108 valence electrons. The molecule has 0 spiro atoms. The van der Waals surface area contributed by atoms with Crippen molar-refractivity contribution in [1.29, 1.82) is 0 Å². The van der Waals surface area contributed by atoms with Crippen LogP contribution in [0, 0.1) is 5.41 Å². The van der Waals surface area contributed by atoms with Crippen LogP contribution in [-0.2, 0) is 4.79 Å². The van der Waals surface area contributed by atoms with Gasteiger partial charge in [-0.2, -0.15) is 0 Å². The van der Waals surface area contributed by atoms with Gasteiger partial charge in [-0.15, -0.1) is 0 Å². The summed E-state index contributed by atoms with van der Waals surface area (Å²) in [5.41, 5.74) is -0.414. The van der Waals surface area contributed by atoms with E-state index in [1.54, 1.807) is 29.3 Å². The number of amides is 1. The lowest BCUT2D eigenvalue weighted by molar-refractivity contribution is -0.152. The van der Waals surface area contributed by atoms with Crippen LogP contribution in [0.15, 0.2) is 24.4 Å². The van der Waals surface area contributed by atoms with Crippen molar-refractivity contribution in [3.63, 3.8) is 0 Å². The number of carboxylic acids is 1. The monoisotopic (exact) mass is 276 g/mol. The first-order chi connectivity index (χ1) is 9.59. The van der Waals surface area contributed by atoms with Crippen molar-refractivity contribution >= 4 is 11.9 Å². The van der Waals surface area contributed by atoms with E-state index in [-0.39, 0.29) is 12.5 Å². The topological polar surface area (TPSA) is 70.5 Å². The standard InChI is InChI=1S/C15H20N2O3/c1-2-7-15(14(19)20)8-5-10-17(11-15)13(18)12-6-3-4-9-16-12/h3-4,6,9H,2,5,7-8,10-11H2,1H3,(H,19,20). The zero-order valence-corrected chi connectivity index (χ0v) is 11.7. The van der Waals surface area contributed by atoms with Gasteiger partial charge < -0.3 is 10.0 Å². The highest BCUT2D eigenvalue weighted by atomic mass is 16.4. The van der Waals surface area contributed by atoms with Gasteiger partial charge in [-0.05, 0) is 31.4 Å². The van der Waals surface area contributed by atoms with Gasteiger partial charge >= 0.3 is 5.97 Å². The van der Waals surface area contributed by atoms with Crippen LogP contribution in [0.4, 0.5) is 0 Å². The number of nitrogens with zero attached hydrogens (tertiary/aromatic N) is 2. The molecule has 0 aliphatic carbocycles. The molecule has 1 aromatic heterocycles. The number of aliphatic carboxylic acids is 1. The molecule has 1 aromatic rings. The van der Waals surface area contributed by atoms with Gasteiger partial charge in [-0.25, -0.2) is 0 Å². The third kappa shape index (κ3) is 2.81. The molecule has 5 nitrogen and oxygen atoms in total. The smallest absolute Gasteiger partial charge is 0.311 e. The van der Waals surface area contributed by atoms with Crippen LogP contribution in [0.25, 0.3) is 0 Å². The summed E-state index contributed by atoms with van der Waals surface area (Å²) in [6.45, 7) is 2.87. The predicted octanol–water partition coefficient (Wildman–Crippen LogP) is 2.19. The molecule has 1 N–H and O–H groups in total. The highest BCUT2D eigenvalue weighted by Gasteiger charge is 2.43. The van der Waals surface area contributed by atoms with Crippen molar-refractivity contribution in [3.05, 3.63) is 30.1 Å². The van der Waals surface area contributed by atoms with Crippen LogP contribution in [0.5, 0.6) is 0 Å². The average molecular weight is 276 g/mol. The average Bonchev–Trinajstić information content (AvgIpc) is 2.48. The van der Waals surface area contributed by atoms with E-state index in [0.29, 0.717) is 25.1 Å². The molecule has 20 heavy (non-hydrogen) atoms. The number of pyridine rings is 1. The zero-order valence-electron chi connectivity index (χ0n) is 11.7.